The topological polar surface area (TPSA) is 92.0 Å². The number of benzene rings is 1. The Hall–Kier alpha value is -2.61. The Morgan fingerprint density at radius 2 is 2.08 bits per heavy atom. The van der Waals surface area contributed by atoms with Crippen LogP contribution in [0, 0.1) is 0 Å². The highest BCUT2D eigenvalue weighted by Crippen LogP contribution is 2.30. The highest BCUT2D eigenvalue weighted by molar-refractivity contribution is 7.90. The van der Waals surface area contributed by atoms with Gasteiger partial charge in [-0.3, -0.25) is 4.79 Å². The van der Waals surface area contributed by atoms with Crippen LogP contribution in [0.1, 0.15) is 30.6 Å². The molecule has 0 aliphatic carbocycles. The Bertz CT molecular complexity index is 951. The molecule has 1 aromatic carbocycles. The lowest BCUT2D eigenvalue weighted by atomic mass is 9.99. The lowest BCUT2D eigenvalue weighted by Gasteiger charge is -2.36. The summed E-state index contributed by atoms with van der Waals surface area (Å²) in [5, 5.41) is 2.87. The highest BCUT2D eigenvalue weighted by Gasteiger charge is 2.37. The molecule has 1 atom stereocenters. The molecule has 8 heteroatoms. The monoisotopic (exact) mass is 373 g/mol. The molecular formula is C18H19N3O4S. The van der Waals surface area contributed by atoms with Crippen molar-refractivity contribution < 1.29 is 17.6 Å². The van der Waals surface area contributed by atoms with Gasteiger partial charge >= 0.3 is 0 Å². The lowest BCUT2D eigenvalue weighted by Crippen LogP contribution is -2.51. The number of fused-ring (bicyclic) bond motifs is 1. The van der Waals surface area contributed by atoms with Crippen LogP contribution in [0.15, 0.2) is 56.4 Å². The molecule has 0 spiro atoms. The fourth-order valence-electron chi connectivity index (χ4n) is 3.46. The van der Waals surface area contributed by atoms with Gasteiger partial charge in [-0.1, -0.05) is 12.1 Å². The predicted octanol–water partition coefficient (Wildman–Crippen LogP) is 1.90. The second-order valence-electron chi connectivity index (χ2n) is 6.39. The van der Waals surface area contributed by atoms with Gasteiger partial charge in [0.2, 0.25) is 5.91 Å². The number of nitrogens with zero attached hydrogens (tertiary/aromatic N) is 2. The molecule has 1 N–H and O–H groups in total. The van der Waals surface area contributed by atoms with Crippen LogP contribution in [0.5, 0.6) is 0 Å². The van der Waals surface area contributed by atoms with Crippen LogP contribution in [0.25, 0.3) is 0 Å². The molecule has 2 aliphatic rings. The summed E-state index contributed by atoms with van der Waals surface area (Å²) >= 11 is 0. The van der Waals surface area contributed by atoms with Gasteiger partial charge in [0, 0.05) is 12.1 Å². The number of amidine groups is 1. The van der Waals surface area contributed by atoms with Crippen LogP contribution >= 0.6 is 0 Å². The number of sulfonamides is 1. The van der Waals surface area contributed by atoms with Gasteiger partial charge in [0.25, 0.3) is 10.0 Å². The predicted molar refractivity (Wildman–Crippen MR) is 95.1 cm³/mol. The van der Waals surface area contributed by atoms with Gasteiger partial charge in [0.05, 0.1) is 12.8 Å². The minimum atomic E-state index is -3.70. The molecule has 26 heavy (non-hydrogen) atoms. The van der Waals surface area contributed by atoms with Crippen molar-refractivity contribution in [1.82, 2.24) is 10.2 Å². The van der Waals surface area contributed by atoms with Gasteiger partial charge in [-0.25, -0.2) is 0 Å². The number of carbonyl (C=O) groups is 1. The summed E-state index contributed by atoms with van der Waals surface area (Å²) in [6.07, 6.45) is 4.02. The Morgan fingerprint density at radius 1 is 1.23 bits per heavy atom. The number of amides is 1. The average molecular weight is 373 g/mol. The van der Waals surface area contributed by atoms with Gasteiger partial charge in [-0.2, -0.15) is 8.42 Å². The Balaban J connectivity index is 1.59. The Morgan fingerprint density at radius 3 is 2.88 bits per heavy atom. The molecule has 1 fully saturated rings. The number of carbonyl (C=O) groups excluding carboxylic acids is 1. The third-order valence-electron chi connectivity index (χ3n) is 4.71. The first-order chi connectivity index (χ1) is 12.6. The first kappa shape index (κ1) is 16.8. The van der Waals surface area contributed by atoms with E-state index in [4.69, 9.17) is 4.42 Å². The Labute approximate surface area is 151 Å². The Kier molecular flexibility index (Phi) is 4.28. The van der Waals surface area contributed by atoms with E-state index in [-0.39, 0.29) is 10.8 Å². The molecule has 1 saturated heterocycles. The number of likely N-dealkylation sites (tertiary alicyclic amines) is 1. The molecule has 4 rings (SSSR count). The molecule has 0 bridgehead atoms. The number of hydrogen-bond donors (Lipinski definition) is 1. The van der Waals surface area contributed by atoms with Gasteiger partial charge in [0.1, 0.15) is 16.7 Å². The van der Waals surface area contributed by atoms with Crippen LogP contribution < -0.4 is 5.32 Å². The van der Waals surface area contributed by atoms with Gasteiger partial charge in [-0.05, 0) is 43.5 Å². The minimum Gasteiger partial charge on any atom is -0.467 e. The zero-order valence-electron chi connectivity index (χ0n) is 14.1. The molecule has 0 radical (unpaired) electrons. The molecule has 1 amide bonds. The van der Waals surface area contributed by atoms with Gasteiger partial charge in [-0.15, -0.1) is 4.40 Å². The summed E-state index contributed by atoms with van der Waals surface area (Å²) < 4.78 is 33.9. The van der Waals surface area contributed by atoms with Crippen molar-refractivity contribution in [3.05, 3.63) is 54.0 Å². The van der Waals surface area contributed by atoms with E-state index >= 15 is 0 Å². The van der Waals surface area contributed by atoms with E-state index in [1.54, 1.807) is 42.7 Å². The molecule has 3 heterocycles. The molecular weight excluding hydrogens is 354 g/mol. The highest BCUT2D eigenvalue weighted by atomic mass is 32.2. The van der Waals surface area contributed by atoms with E-state index in [9.17, 15) is 13.2 Å². The quantitative estimate of drug-likeness (QED) is 0.887. The standard InChI is InChI=1S/C18H19N3O4S/c22-18(19-12-13-6-5-11-25-13)15-8-3-4-10-21(15)17-14-7-1-2-9-16(14)26(23,24)20-17/h1-2,5-7,9,11,15H,3-4,8,10,12H2,(H,19,22)/t15-/m1/s1. The SMILES string of the molecule is O=C(NCc1ccco1)[C@H]1CCCCN1C1=NS(=O)(=O)c2ccccc21. The smallest absolute Gasteiger partial charge is 0.285 e. The normalized spacial score (nSPS) is 21.2. The maximum absolute atomic E-state index is 12.7. The van der Waals surface area contributed by atoms with E-state index in [2.05, 4.69) is 9.71 Å². The van der Waals surface area contributed by atoms with Crippen molar-refractivity contribution in [2.75, 3.05) is 6.54 Å². The number of furan rings is 1. The summed E-state index contributed by atoms with van der Waals surface area (Å²) in [5.41, 5.74) is 0.568. The van der Waals surface area contributed by atoms with Crippen molar-refractivity contribution >= 4 is 21.8 Å². The molecule has 7 nitrogen and oxygen atoms in total. The summed E-state index contributed by atoms with van der Waals surface area (Å²) in [5.74, 6) is 0.899. The van der Waals surface area contributed by atoms with E-state index in [1.165, 1.54) is 0 Å². The first-order valence-corrected chi connectivity index (χ1v) is 10.0. The van der Waals surface area contributed by atoms with Crippen molar-refractivity contribution in [2.24, 2.45) is 4.40 Å². The first-order valence-electron chi connectivity index (χ1n) is 8.57. The number of piperidine rings is 1. The van der Waals surface area contributed by atoms with Crippen LogP contribution in [0.2, 0.25) is 0 Å². The fourth-order valence-corrected chi connectivity index (χ4v) is 4.68. The minimum absolute atomic E-state index is 0.148. The summed E-state index contributed by atoms with van der Waals surface area (Å²) in [7, 11) is -3.70. The molecule has 0 unspecified atom stereocenters. The summed E-state index contributed by atoms with van der Waals surface area (Å²) in [6.45, 7) is 0.902. The van der Waals surface area contributed by atoms with Gasteiger partial charge in [0.15, 0.2) is 5.84 Å². The van der Waals surface area contributed by atoms with Crippen molar-refractivity contribution in [3.63, 3.8) is 0 Å². The molecule has 1 aromatic heterocycles. The number of rotatable bonds is 3. The number of nitrogens with one attached hydrogen (secondary N) is 1. The number of hydrogen-bond acceptors (Lipinski definition) is 5. The summed E-state index contributed by atoms with van der Waals surface area (Å²) in [4.78, 5) is 14.8. The van der Waals surface area contributed by atoms with E-state index in [0.29, 0.717) is 36.7 Å². The molecule has 2 aromatic rings. The van der Waals surface area contributed by atoms with E-state index < -0.39 is 16.1 Å². The second kappa shape index (κ2) is 6.60. The van der Waals surface area contributed by atoms with Crippen LogP contribution in [0.4, 0.5) is 0 Å². The largest absolute Gasteiger partial charge is 0.467 e. The molecule has 136 valence electrons. The zero-order valence-corrected chi connectivity index (χ0v) is 14.9. The maximum atomic E-state index is 12.7. The fraction of sp³-hybridized carbons (Fsp3) is 0.333. The maximum Gasteiger partial charge on any atom is 0.285 e. The second-order valence-corrected chi connectivity index (χ2v) is 7.96. The molecule has 2 aliphatic heterocycles. The van der Waals surface area contributed by atoms with Crippen molar-refractivity contribution in [2.45, 2.75) is 36.7 Å². The van der Waals surface area contributed by atoms with Crippen molar-refractivity contribution in [1.29, 1.82) is 0 Å². The van der Waals surface area contributed by atoms with E-state index in [0.717, 1.165) is 12.8 Å². The van der Waals surface area contributed by atoms with Gasteiger partial charge < -0.3 is 14.6 Å². The van der Waals surface area contributed by atoms with Crippen LogP contribution in [-0.2, 0) is 21.4 Å². The van der Waals surface area contributed by atoms with Crippen LogP contribution in [0.3, 0.4) is 0 Å². The van der Waals surface area contributed by atoms with Crippen LogP contribution in [-0.4, -0.2) is 37.6 Å². The molecule has 0 saturated carbocycles. The average Bonchev–Trinajstić information content (AvgIpc) is 3.26. The zero-order chi connectivity index (χ0) is 18.1. The third kappa shape index (κ3) is 3.01. The third-order valence-corrected chi connectivity index (χ3v) is 6.03. The lowest BCUT2D eigenvalue weighted by molar-refractivity contribution is -0.126. The summed E-state index contributed by atoms with van der Waals surface area (Å²) in [6, 6.07) is 9.87. The van der Waals surface area contributed by atoms with Crippen molar-refractivity contribution in [3.8, 4) is 0 Å². The van der Waals surface area contributed by atoms with E-state index in [1.807, 2.05) is 4.90 Å².